The van der Waals surface area contributed by atoms with E-state index in [0.29, 0.717) is 31.5 Å². The highest BCUT2D eigenvalue weighted by Gasteiger charge is 2.16. The molecule has 1 N–H and O–H groups in total. The van der Waals surface area contributed by atoms with Crippen molar-refractivity contribution in [1.29, 1.82) is 0 Å². The summed E-state index contributed by atoms with van der Waals surface area (Å²) in [4.78, 5) is 11.7. The predicted molar refractivity (Wildman–Crippen MR) is 126 cm³/mol. The maximum atomic E-state index is 13.9. The highest BCUT2D eigenvalue weighted by molar-refractivity contribution is 6.30. The Hall–Kier alpha value is -3.16. The molecule has 0 bridgehead atoms. The van der Waals surface area contributed by atoms with Crippen LogP contribution in [0.5, 0.6) is 0 Å². The van der Waals surface area contributed by atoms with Crippen molar-refractivity contribution in [3.8, 4) is 5.82 Å². The molecule has 0 spiro atoms. The Morgan fingerprint density at radius 2 is 1.84 bits per heavy atom. The van der Waals surface area contributed by atoms with E-state index in [0.717, 1.165) is 46.8 Å². The number of aromatic nitrogens is 3. The standard InChI is InChI=1S/C24H23ClFN5O/c25-19-3-1-2-17(14-19)6-8-27-24-28-22(30-10-12-32-13-11-30)16-23(29-24)31-9-7-18-4-5-20(26)15-21(18)31/h1-5,7,9,14-16H,6,8,10-13H2,(H,27,28,29). The van der Waals surface area contributed by atoms with Gasteiger partial charge in [0.25, 0.3) is 0 Å². The van der Waals surface area contributed by atoms with Crippen LogP contribution >= 0.6 is 11.6 Å². The second-order valence-electron chi connectivity index (χ2n) is 7.70. The lowest BCUT2D eigenvalue weighted by atomic mass is 10.1. The van der Waals surface area contributed by atoms with Crippen LogP contribution in [0.3, 0.4) is 0 Å². The molecule has 1 saturated heterocycles. The van der Waals surface area contributed by atoms with E-state index in [2.05, 4.69) is 10.2 Å². The molecule has 2 aromatic heterocycles. The van der Waals surface area contributed by atoms with Crippen molar-refractivity contribution >= 4 is 34.3 Å². The highest BCUT2D eigenvalue weighted by atomic mass is 35.5. The van der Waals surface area contributed by atoms with Crippen LogP contribution in [-0.4, -0.2) is 47.4 Å². The van der Waals surface area contributed by atoms with Crippen LogP contribution in [0.1, 0.15) is 5.56 Å². The van der Waals surface area contributed by atoms with Crippen LogP contribution in [0.4, 0.5) is 16.2 Å². The number of nitrogens with zero attached hydrogens (tertiary/aromatic N) is 4. The van der Waals surface area contributed by atoms with E-state index in [4.69, 9.17) is 26.3 Å². The second-order valence-corrected chi connectivity index (χ2v) is 8.14. The normalized spacial score (nSPS) is 14.1. The van der Waals surface area contributed by atoms with Crippen molar-refractivity contribution in [2.75, 3.05) is 43.1 Å². The summed E-state index contributed by atoms with van der Waals surface area (Å²) >= 11 is 6.09. The molecule has 3 heterocycles. The summed E-state index contributed by atoms with van der Waals surface area (Å²) in [5, 5.41) is 5.02. The Balaban J connectivity index is 1.46. The van der Waals surface area contributed by atoms with E-state index in [-0.39, 0.29) is 5.82 Å². The average molecular weight is 452 g/mol. The minimum absolute atomic E-state index is 0.278. The predicted octanol–water partition coefficient (Wildman–Crippen LogP) is 4.70. The Bertz CT molecular complexity index is 1240. The molecule has 0 radical (unpaired) electrons. The fourth-order valence-corrected chi connectivity index (χ4v) is 4.10. The Morgan fingerprint density at radius 3 is 2.69 bits per heavy atom. The van der Waals surface area contributed by atoms with E-state index in [1.54, 1.807) is 6.07 Å². The largest absolute Gasteiger partial charge is 0.378 e. The molecule has 1 aliphatic rings. The molecule has 0 amide bonds. The zero-order valence-corrected chi connectivity index (χ0v) is 18.2. The minimum Gasteiger partial charge on any atom is -0.378 e. The van der Waals surface area contributed by atoms with Crippen LogP contribution in [0.2, 0.25) is 5.02 Å². The summed E-state index contributed by atoms with van der Waals surface area (Å²) in [5.74, 6) is 1.76. The number of anilines is 2. The van der Waals surface area contributed by atoms with Gasteiger partial charge in [-0.3, -0.25) is 0 Å². The maximum absolute atomic E-state index is 13.9. The number of fused-ring (bicyclic) bond motifs is 1. The van der Waals surface area contributed by atoms with Gasteiger partial charge in [0, 0.05) is 42.3 Å². The first kappa shape index (κ1) is 20.7. The third kappa shape index (κ3) is 4.54. The molecule has 2 aromatic carbocycles. The summed E-state index contributed by atoms with van der Waals surface area (Å²) in [5.41, 5.74) is 1.91. The molecule has 1 fully saturated rings. The molecule has 4 aromatic rings. The summed E-state index contributed by atoms with van der Waals surface area (Å²) in [6, 6.07) is 16.5. The highest BCUT2D eigenvalue weighted by Crippen LogP contribution is 2.24. The molecular formula is C24H23ClFN5O. The van der Waals surface area contributed by atoms with E-state index >= 15 is 0 Å². The van der Waals surface area contributed by atoms with Gasteiger partial charge in [0.15, 0.2) is 0 Å². The Morgan fingerprint density at radius 1 is 1.00 bits per heavy atom. The van der Waals surface area contributed by atoms with Gasteiger partial charge >= 0.3 is 0 Å². The fourth-order valence-electron chi connectivity index (χ4n) is 3.89. The minimum atomic E-state index is -0.278. The third-order valence-corrected chi connectivity index (χ3v) is 5.76. The molecule has 0 aliphatic carbocycles. The van der Waals surface area contributed by atoms with Gasteiger partial charge in [-0.05, 0) is 48.4 Å². The number of halogens is 2. The molecular weight excluding hydrogens is 429 g/mol. The number of ether oxygens (including phenoxy) is 1. The number of hydrogen-bond acceptors (Lipinski definition) is 5. The Labute approximate surface area is 190 Å². The second kappa shape index (κ2) is 9.14. The number of rotatable bonds is 6. The topological polar surface area (TPSA) is 55.2 Å². The molecule has 5 rings (SSSR count). The first-order valence-electron chi connectivity index (χ1n) is 10.6. The van der Waals surface area contributed by atoms with Crippen LogP contribution < -0.4 is 10.2 Å². The average Bonchev–Trinajstić information content (AvgIpc) is 3.23. The first-order chi connectivity index (χ1) is 15.7. The summed E-state index contributed by atoms with van der Waals surface area (Å²) in [6.07, 6.45) is 2.70. The first-order valence-corrected chi connectivity index (χ1v) is 11.0. The smallest absolute Gasteiger partial charge is 0.226 e. The van der Waals surface area contributed by atoms with Crippen LogP contribution in [0.15, 0.2) is 60.8 Å². The number of benzene rings is 2. The van der Waals surface area contributed by atoms with Crippen LogP contribution in [0.25, 0.3) is 16.7 Å². The zero-order valence-electron chi connectivity index (χ0n) is 17.5. The van der Waals surface area contributed by atoms with Gasteiger partial charge in [0.1, 0.15) is 17.5 Å². The van der Waals surface area contributed by atoms with Gasteiger partial charge in [0.05, 0.1) is 18.7 Å². The van der Waals surface area contributed by atoms with E-state index in [1.807, 2.05) is 47.2 Å². The molecule has 8 heteroatoms. The van der Waals surface area contributed by atoms with Gasteiger partial charge in [-0.25, -0.2) is 4.39 Å². The summed E-state index contributed by atoms with van der Waals surface area (Å²) in [7, 11) is 0. The lowest BCUT2D eigenvalue weighted by Crippen LogP contribution is -2.37. The van der Waals surface area contributed by atoms with Gasteiger partial charge < -0.3 is 19.5 Å². The Kier molecular flexibility index (Phi) is 5.92. The molecule has 0 atom stereocenters. The number of morpholine rings is 1. The lowest BCUT2D eigenvalue weighted by Gasteiger charge is -2.28. The molecule has 164 valence electrons. The lowest BCUT2D eigenvalue weighted by molar-refractivity contribution is 0.122. The summed E-state index contributed by atoms with van der Waals surface area (Å²) < 4.78 is 21.3. The monoisotopic (exact) mass is 451 g/mol. The van der Waals surface area contributed by atoms with Crippen LogP contribution in [0, 0.1) is 5.82 Å². The molecule has 6 nitrogen and oxygen atoms in total. The third-order valence-electron chi connectivity index (χ3n) is 5.52. The van der Waals surface area contributed by atoms with Crippen molar-refractivity contribution in [2.45, 2.75) is 6.42 Å². The van der Waals surface area contributed by atoms with Gasteiger partial charge in [-0.2, -0.15) is 9.97 Å². The van der Waals surface area contributed by atoms with Crippen molar-refractivity contribution in [2.24, 2.45) is 0 Å². The van der Waals surface area contributed by atoms with Crippen LogP contribution in [-0.2, 0) is 11.2 Å². The SMILES string of the molecule is Fc1ccc2ccn(-c3cc(N4CCOCC4)nc(NCCc4cccc(Cl)c4)n3)c2c1. The molecule has 0 unspecified atom stereocenters. The molecule has 1 aliphatic heterocycles. The van der Waals surface area contributed by atoms with Gasteiger partial charge in [-0.1, -0.05) is 23.7 Å². The van der Waals surface area contributed by atoms with Crippen molar-refractivity contribution in [3.63, 3.8) is 0 Å². The maximum Gasteiger partial charge on any atom is 0.226 e. The van der Waals surface area contributed by atoms with Gasteiger partial charge in [-0.15, -0.1) is 0 Å². The van der Waals surface area contributed by atoms with E-state index in [1.165, 1.54) is 12.1 Å². The zero-order chi connectivity index (χ0) is 21.9. The summed E-state index contributed by atoms with van der Waals surface area (Å²) in [6.45, 7) is 3.51. The molecule has 32 heavy (non-hydrogen) atoms. The number of hydrogen-bond donors (Lipinski definition) is 1. The molecule has 0 saturated carbocycles. The fraction of sp³-hybridized carbons (Fsp3) is 0.250. The van der Waals surface area contributed by atoms with Gasteiger partial charge in [0.2, 0.25) is 5.95 Å². The van der Waals surface area contributed by atoms with Crippen molar-refractivity contribution in [1.82, 2.24) is 14.5 Å². The van der Waals surface area contributed by atoms with E-state index in [9.17, 15) is 4.39 Å². The van der Waals surface area contributed by atoms with Crippen molar-refractivity contribution < 1.29 is 9.13 Å². The van der Waals surface area contributed by atoms with E-state index < -0.39 is 0 Å². The quantitative estimate of drug-likeness (QED) is 0.460. The number of nitrogens with one attached hydrogen (secondary N) is 1. The van der Waals surface area contributed by atoms with Crippen molar-refractivity contribution in [3.05, 3.63) is 77.2 Å².